The van der Waals surface area contributed by atoms with Gasteiger partial charge >= 0.3 is 0 Å². The highest BCUT2D eigenvalue weighted by molar-refractivity contribution is 5.87. The summed E-state index contributed by atoms with van der Waals surface area (Å²) in [7, 11) is 1.89. The molecule has 0 radical (unpaired) electrons. The average Bonchev–Trinajstić information content (AvgIpc) is 3.55. The number of hydrogen-bond acceptors (Lipinski definition) is 7. The smallest absolute Gasteiger partial charge is 0.236 e. The Morgan fingerprint density at radius 3 is 2.63 bits per heavy atom. The fourth-order valence-electron chi connectivity index (χ4n) is 5.50. The quantitative estimate of drug-likeness (QED) is 0.517. The van der Waals surface area contributed by atoms with Gasteiger partial charge in [-0.05, 0) is 25.5 Å². The number of nitrogens with zero attached hydrogens (tertiary/aromatic N) is 8. The van der Waals surface area contributed by atoms with Gasteiger partial charge < -0.3 is 9.80 Å². The maximum Gasteiger partial charge on any atom is 0.236 e. The number of hydrogen-bond donors (Lipinski definition) is 0. The third kappa shape index (κ3) is 4.88. The van der Waals surface area contributed by atoms with Crippen molar-refractivity contribution in [2.75, 3.05) is 57.3 Å². The minimum absolute atomic E-state index is 0.232. The monoisotopic (exact) mass is 476 g/mol. The Labute approximate surface area is 207 Å². The molecule has 2 aliphatic heterocycles. The molecular weight excluding hydrogens is 440 g/mol. The van der Waals surface area contributed by atoms with Crippen molar-refractivity contribution < 1.29 is 4.79 Å². The number of carbonyl (C=O) groups excluding carboxylic acids is 1. The number of likely N-dealkylation sites (tertiary alicyclic amines) is 1. The van der Waals surface area contributed by atoms with Crippen molar-refractivity contribution in [3.05, 3.63) is 48.4 Å². The molecular formula is C26H36N8O. The fourth-order valence-corrected chi connectivity index (χ4v) is 5.50. The van der Waals surface area contributed by atoms with Crippen molar-refractivity contribution in [2.45, 2.75) is 32.4 Å². The van der Waals surface area contributed by atoms with Crippen LogP contribution in [0.2, 0.25) is 0 Å². The van der Waals surface area contributed by atoms with Crippen molar-refractivity contribution >= 4 is 22.8 Å². The predicted octanol–water partition coefficient (Wildman–Crippen LogP) is 2.17. The SMILES string of the molecule is CCN(CC(=O)N1CCN(c2ncnc3c2cnn3C)CC1)C1CCN(C(C)c2ccccc2)C1. The highest BCUT2D eigenvalue weighted by atomic mass is 16.2. The second-order valence-corrected chi connectivity index (χ2v) is 9.66. The van der Waals surface area contributed by atoms with E-state index in [1.807, 2.05) is 18.1 Å². The number of aryl methyl sites for hydroxylation is 1. The summed E-state index contributed by atoms with van der Waals surface area (Å²) in [5.74, 6) is 1.14. The van der Waals surface area contributed by atoms with Crippen LogP contribution in [0.1, 0.15) is 31.9 Å². The summed E-state index contributed by atoms with van der Waals surface area (Å²) in [6.07, 6.45) is 4.53. The van der Waals surface area contributed by atoms with Crippen LogP contribution in [0.25, 0.3) is 11.0 Å². The molecule has 1 aromatic carbocycles. The Hall–Kier alpha value is -3.04. The lowest BCUT2D eigenvalue weighted by Gasteiger charge is -2.37. The van der Waals surface area contributed by atoms with Gasteiger partial charge in [-0.15, -0.1) is 0 Å². The maximum atomic E-state index is 13.2. The van der Waals surface area contributed by atoms with E-state index in [9.17, 15) is 4.79 Å². The maximum absolute atomic E-state index is 13.2. The number of benzene rings is 1. The van der Waals surface area contributed by atoms with Gasteiger partial charge in [0.1, 0.15) is 12.1 Å². The van der Waals surface area contributed by atoms with E-state index < -0.39 is 0 Å². The van der Waals surface area contributed by atoms with Gasteiger partial charge in [0.2, 0.25) is 5.91 Å². The fraction of sp³-hybridized carbons (Fsp3) is 0.538. The van der Waals surface area contributed by atoms with Gasteiger partial charge in [-0.2, -0.15) is 5.10 Å². The van der Waals surface area contributed by atoms with Crippen LogP contribution in [-0.2, 0) is 11.8 Å². The molecule has 0 N–H and O–H groups in total. The topological polar surface area (TPSA) is 73.6 Å². The molecule has 9 nitrogen and oxygen atoms in total. The van der Waals surface area contributed by atoms with Gasteiger partial charge in [-0.25, -0.2) is 9.97 Å². The van der Waals surface area contributed by atoms with Gasteiger partial charge in [0, 0.05) is 58.4 Å². The van der Waals surface area contributed by atoms with Gasteiger partial charge in [0.15, 0.2) is 5.65 Å². The zero-order valence-electron chi connectivity index (χ0n) is 21.0. The summed E-state index contributed by atoms with van der Waals surface area (Å²) in [5.41, 5.74) is 2.19. The van der Waals surface area contributed by atoms with Crippen molar-refractivity contribution in [2.24, 2.45) is 7.05 Å². The van der Waals surface area contributed by atoms with Gasteiger partial charge in [0.25, 0.3) is 0 Å². The second kappa shape index (κ2) is 10.3. The highest BCUT2D eigenvalue weighted by Crippen LogP contribution is 2.27. The number of carbonyl (C=O) groups is 1. The lowest BCUT2D eigenvalue weighted by molar-refractivity contribution is -0.133. The van der Waals surface area contributed by atoms with E-state index in [0.29, 0.717) is 31.7 Å². The zero-order chi connectivity index (χ0) is 24.4. The molecule has 186 valence electrons. The van der Waals surface area contributed by atoms with E-state index in [4.69, 9.17) is 0 Å². The largest absolute Gasteiger partial charge is 0.352 e. The van der Waals surface area contributed by atoms with Crippen LogP contribution < -0.4 is 4.90 Å². The Bertz CT molecular complexity index is 1140. The van der Waals surface area contributed by atoms with E-state index in [2.05, 4.69) is 73.9 Å². The van der Waals surface area contributed by atoms with Gasteiger partial charge in [-0.1, -0.05) is 37.3 Å². The summed E-state index contributed by atoms with van der Waals surface area (Å²) < 4.78 is 1.77. The van der Waals surface area contributed by atoms with Crippen molar-refractivity contribution in [3.63, 3.8) is 0 Å². The summed E-state index contributed by atoms with van der Waals surface area (Å²) in [6, 6.07) is 11.5. The molecule has 3 aromatic rings. The second-order valence-electron chi connectivity index (χ2n) is 9.66. The van der Waals surface area contributed by atoms with Gasteiger partial charge in [-0.3, -0.25) is 19.3 Å². The van der Waals surface area contributed by atoms with Crippen molar-refractivity contribution in [1.82, 2.24) is 34.4 Å². The Balaban J connectivity index is 1.15. The zero-order valence-corrected chi connectivity index (χ0v) is 21.0. The normalized spacial score (nSPS) is 20.2. The van der Waals surface area contributed by atoms with E-state index >= 15 is 0 Å². The van der Waals surface area contributed by atoms with E-state index in [-0.39, 0.29) is 5.91 Å². The molecule has 9 heteroatoms. The third-order valence-corrected chi connectivity index (χ3v) is 7.73. The predicted molar refractivity (Wildman–Crippen MR) is 137 cm³/mol. The minimum Gasteiger partial charge on any atom is -0.352 e. The van der Waals surface area contributed by atoms with Crippen LogP contribution in [0.5, 0.6) is 0 Å². The number of aromatic nitrogens is 4. The van der Waals surface area contributed by atoms with Crippen LogP contribution in [-0.4, -0.2) is 98.8 Å². The molecule has 5 rings (SSSR count). The van der Waals surface area contributed by atoms with E-state index in [1.165, 1.54) is 5.56 Å². The molecule has 4 heterocycles. The number of likely N-dealkylation sites (N-methyl/N-ethyl adjacent to an activating group) is 1. The van der Waals surface area contributed by atoms with Crippen LogP contribution >= 0.6 is 0 Å². The van der Waals surface area contributed by atoms with Crippen LogP contribution in [0.4, 0.5) is 5.82 Å². The lowest BCUT2D eigenvalue weighted by atomic mass is 10.1. The summed E-state index contributed by atoms with van der Waals surface area (Å²) in [6.45, 7) is 10.9. The molecule has 2 aliphatic rings. The van der Waals surface area contributed by atoms with Crippen LogP contribution in [0.3, 0.4) is 0 Å². The number of anilines is 1. The molecule has 0 saturated carbocycles. The van der Waals surface area contributed by atoms with Gasteiger partial charge in [0.05, 0.1) is 18.1 Å². The first-order valence-corrected chi connectivity index (χ1v) is 12.7. The molecule has 0 spiro atoms. The summed E-state index contributed by atoms with van der Waals surface area (Å²) in [5, 5.41) is 5.28. The van der Waals surface area contributed by atoms with Crippen LogP contribution in [0.15, 0.2) is 42.9 Å². The first kappa shape index (κ1) is 23.7. The first-order valence-electron chi connectivity index (χ1n) is 12.7. The highest BCUT2D eigenvalue weighted by Gasteiger charge is 2.32. The minimum atomic E-state index is 0.232. The third-order valence-electron chi connectivity index (χ3n) is 7.73. The lowest BCUT2D eigenvalue weighted by Crippen LogP contribution is -2.52. The summed E-state index contributed by atoms with van der Waals surface area (Å²) >= 11 is 0. The molecule has 1 amide bonds. The van der Waals surface area contributed by atoms with Crippen molar-refractivity contribution in [3.8, 4) is 0 Å². The Kier molecular flexibility index (Phi) is 6.97. The number of piperazine rings is 1. The molecule has 0 aliphatic carbocycles. The van der Waals surface area contributed by atoms with E-state index in [0.717, 1.165) is 56.0 Å². The summed E-state index contributed by atoms with van der Waals surface area (Å²) in [4.78, 5) is 31.3. The van der Waals surface area contributed by atoms with E-state index in [1.54, 1.807) is 11.0 Å². The molecule has 2 atom stereocenters. The van der Waals surface area contributed by atoms with Crippen molar-refractivity contribution in [1.29, 1.82) is 0 Å². The number of amides is 1. The average molecular weight is 477 g/mol. The Morgan fingerprint density at radius 2 is 1.89 bits per heavy atom. The Morgan fingerprint density at radius 1 is 1.11 bits per heavy atom. The number of rotatable bonds is 7. The molecule has 2 fully saturated rings. The van der Waals surface area contributed by atoms with Crippen LogP contribution in [0, 0.1) is 0 Å². The standard InChI is InChI=1S/C26H36N8O/c1-4-31(22-10-11-34(17-22)20(2)21-8-6-5-7-9-21)18-24(35)32-12-14-33(15-13-32)26-23-16-29-30(3)25(23)27-19-28-26/h5-9,16,19-20,22H,4,10-15,17-18H2,1-3H3. The molecule has 0 bridgehead atoms. The number of fused-ring (bicyclic) bond motifs is 1. The molecule has 2 saturated heterocycles. The molecule has 2 aromatic heterocycles. The molecule has 2 unspecified atom stereocenters. The molecule has 35 heavy (non-hydrogen) atoms. The first-order chi connectivity index (χ1) is 17.0.